The largest absolute Gasteiger partial charge is 0.300 e. The van der Waals surface area contributed by atoms with Crippen molar-refractivity contribution in [3.05, 3.63) is 44.3 Å². The maximum absolute atomic E-state index is 5.11. The van der Waals surface area contributed by atoms with Gasteiger partial charge in [0.2, 0.25) is 0 Å². The van der Waals surface area contributed by atoms with E-state index in [-0.39, 0.29) is 0 Å². The molecule has 0 amide bonds. The molecule has 0 spiro atoms. The molecular weight excluding hydrogens is 334 g/mol. The lowest BCUT2D eigenvalue weighted by Crippen LogP contribution is -2.00. The van der Waals surface area contributed by atoms with Crippen LogP contribution in [0, 0.1) is 6.92 Å². The molecule has 0 aliphatic carbocycles. The van der Waals surface area contributed by atoms with Crippen molar-refractivity contribution < 1.29 is 4.84 Å². The van der Waals surface area contributed by atoms with Crippen LogP contribution in [-0.4, -0.2) is 0 Å². The molecule has 0 radical (unpaired) electrons. The lowest BCUT2D eigenvalue weighted by Gasteiger charge is -2.08. The molecule has 0 aliphatic heterocycles. The molecule has 16 heavy (non-hydrogen) atoms. The standard InChI is InChI=1S/C12H11Br2NO/c1-7-2-8-4-11(13)12(14)5-9(8)3-10(7)6-16-15/h2-5H,6,15H2,1H3. The maximum Gasteiger partial charge on any atom is 0.0932 e. The summed E-state index contributed by atoms with van der Waals surface area (Å²) in [5, 5.41) is 2.38. The van der Waals surface area contributed by atoms with Crippen molar-refractivity contribution in [2.45, 2.75) is 13.5 Å². The van der Waals surface area contributed by atoms with Gasteiger partial charge in [-0.3, -0.25) is 4.84 Å². The van der Waals surface area contributed by atoms with Crippen LogP contribution in [-0.2, 0) is 11.4 Å². The number of hydrogen-bond donors (Lipinski definition) is 1. The Morgan fingerprint density at radius 1 is 1.06 bits per heavy atom. The molecule has 2 N–H and O–H groups in total. The minimum Gasteiger partial charge on any atom is -0.300 e. The highest BCUT2D eigenvalue weighted by Gasteiger charge is 2.04. The summed E-state index contributed by atoms with van der Waals surface area (Å²) in [6, 6.07) is 8.42. The van der Waals surface area contributed by atoms with E-state index >= 15 is 0 Å². The Balaban J connectivity index is 2.65. The fourth-order valence-corrected chi connectivity index (χ4v) is 2.42. The summed E-state index contributed by atoms with van der Waals surface area (Å²) in [4.78, 5) is 4.69. The Morgan fingerprint density at radius 2 is 1.62 bits per heavy atom. The summed E-state index contributed by atoms with van der Waals surface area (Å²) >= 11 is 6.99. The summed E-state index contributed by atoms with van der Waals surface area (Å²) in [6.07, 6.45) is 0. The fourth-order valence-electron chi connectivity index (χ4n) is 1.70. The maximum atomic E-state index is 5.11. The van der Waals surface area contributed by atoms with Crippen molar-refractivity contribution in [3.63, 3.8) is 0 Å². The van der Waals surface area contributed by atoms with E-state index < -0.39 is 0 Å². The van der Waals surface area contributed by atoms with Crippen molar-refractivity contribution >= 4 is 42.6 Å². The zero-order valence-electron chi connectivity index (χ0n) is 8.76. The quantitative estimate of drug-likeness (QED) is 0.833. The van der Waals surface area contributed by atoms with E-state index in [4.69, 9.17) is 10.7 Å². The average molecular weight is 345 g/mol. The zero-order valence-corrected chi connectivity index (χ0v) is 11.9. The van der Waals surface area contributed by atoms with Crippen LogP contribution in [0.25, 0.3) is 10.8 Å². The number of fused-ring (bicyclic) bond motifs is 1. The van der Waals surface area contributed by atoms with Crippen LogP contribution in [0.3, 0.4) is 0 Å². The Bertz CT molecular complexity index is 540. The zero-order chi connectivity index (χ0) is 11.7. The lowest BCUT2D eigenvalue weighted by molar-refractivity contribution is 0.124. The fraction of sp³-hybridized carbons (Fsp3) is 0.167. The first kappa shape index (κ1) is 12.0. The minimum absolute atomic E-state index is 0.440. The van der Waals surface area contributed by atoms with Gasteiger partial charge in [-0.2, -0.15) is 0 Å². The van der Waals surface area contributed by atoms with E-state index in [2.05, 4.69) is 63.0 Å². The van der Waals surface area contributed by atoms with Crippen molar-refractivity contribution in [2.75, 3.05) is 0 Å². The second-order valence-electron chi connectivity index (χ2n) is 3.70. The third kappa shape index (κ3) is 2.30. The van der Waals surface area contributed by atoms with Crippen LogP contribution in [0.5, 0.6) is 0 Å². The van der Waals surface area contributed by atoms with Gasteiger partial charge in [0.15, 0.2) is 0 Å². The van der Waals surface area contributed by atoms with Crippen LogP contribution in [0.4, 0.5) is 0 Å². The van der Waals surface area contributed by atoms with E-state index in [9.17, 15) is 0 Å². The van der Waals surface area contributed by atoms with Gasteiger partial charge in [-0.05, 0) is 78.9 Å². The Morgan fingerprint density at radius 3 is 2.19 bits per heavy atom. The molecule has 0 saturated carbocycles. The van der Waals surface area contributed by atoms with E-state index in [0.717, 1.165) is 14.5 Å². The summed E-state index contributed by atoms with van der Waals surface area (Å²) < 4.78 is 2.10. The van der Waals surface area contributed by atoms with Crippen LogP contribution < -0.4 is 5.90 Å². The topological polar surface area (TPSA) is 35.2 Å². The Hall–Kier alpha value is -0.420. The molecule has 2 aromatic carbocycles. The Labute approximate surface area is 111 Å². The molecule has 0 aromatic heterocycles. The highest BCUT2D eigenvalue weighted by molar-refractivity contribution is 9.13. The second kappa shape index (κ2) is 4.84. The molecular formula is C12H11Br2NO. The summed E-state index contributed by atoms with van der Waals surface area (Å²) in [7, 11) is 0. The number of benzene rings is 2. The highest BCUT2D eigenvalue weighted by Crippen LogP contribution is 2.30. The number of aryl methyl sites for hydroxylation is 1. The van der Waals surface area contributed by atoms with E-state index in [1.165, 1.54) is 16.3 Å². The first-order valence-corrected chi connectivity index (χ1v) is 6.40. The van der Waals surface area contributed by atoms with Gasteiger partial charge in [-0.15, -0.1) is 0 Å². The predicted octanol–water partition coefficient (Wildman–Crippen LogP) is 4.06. The molecule has 2 nitrogen and oxygen atoms in total. The third-order valence-electron chi connectivity index (χ3n) is 2.57. The van der Waals surface area contributed by atoms with Crippen molar-refractivity contribution in [1.82, 2.24) is 0 Å². The molecule has 0 unspecified atom stereocenters. The second-order valence-corrected chi connectivity index (χ2v) is 5.41. The lowest BCUT2D eigenvalue weighted by atomic mass is 10.0. The van der Waals surface area contributed by atoms with Gasteiger partial charge in [-0.1, -0.05) is 6.07 Å². The molecule has 0 heterocycles. The molecule has 0 atom stereocenters. The van der Waals surface area contributed by atoms with Gasteiger partial charge in [0.05, 0.1) is 6.61 Å². The van der Waals surface area contributed by atoms with E-state index in [1.54, 1.807) is 0 Å². The average Bonchev–Trinajstić information content (AvgIpc) is 2.23. The molecule has 84 valence electrons. The van der Waals surface area contributed by atoms with Crippen LogP contribution in [0.2, 0.25) is 0 Å². The first-order valence-electron chi connectivity index (χ1n) is 4.82. The SMILES string of the molecule is Cc1cc2cc(Br)c(Br)cc2cc1CON. The molecule has 4 heteroatoms. The molecule has 2 rings (SSSR count). The van der Waals surface area contributed by atoms with Crippen molar-refractivity contribution in [2.24, 2.45) is 5.90 Å². The Kier molecular flexibility index (Phi) is 3.64. The van der Waals surface area contributed by atoms with Gasteiger partial charge in [0.25, 0.3) is 0 Å². The third-order valence-corrected chi connectivity index (χ3v) is 4.42. The van der Waals surface area contributed by atoms with Gasteiger partial charge in [0.1, 0.15) is 0 Å². The summed E-state index contributed by atoms with van der Waals surface area (Å²) in [6.45, 7) is 2.50. The number of nitrogens with two attached hydrogens (primary N) is 1. The van der Waals surface area contributed by atoms with Crippen molar-refractivity contribution in [1.29, 1.82) is 0 Å². The number of halogens is 2. The van der Waals surface area contributed by atoms with Crippen LogP contribution in [0.1, 0.15) is 11.1 Å². The van der Waals surface area contributed by atoms with Crippen molar-refractivity contribution in [3.8, 4) is 0 Å². The number of hydrogen-bond acceptors (Lipinski definition) is 2. The summed E-state index contributed by atoms with van der Waals surface area (Å²) in [5.74, 6) is 5.11. The molecule has 0 bridgehead atoms. The molecule has 0 aliphatic rings. The van der Waals surface area contributed by atoms with E-state index in [0.29, 0.717) is 6.61 Å². The molecule has 0 fully saturated rings. The van der Waals surface area contributed by atoms with Gasteiger partial charge in [0, 0.05) is 8.95 Å². The van der Waals surface area contributed by atoms with Gasteiger partial charge < -0.3 is 0 Å². The minimum atomic E-state index is 0.440. The number of rotatable bonds is 2. The molecule has 2 aromatic rings. The normalized spacial score (nSPS) is 11.0. The van der Waals surface area contributed by atoms with Crippen LogP contribution >= 0.6 is 31.9 Å². The monoisotopic (exact) mass is 343 g/mol. The highest BCUT2D eigenvalue weighted by atomic mass is 79.9. The van der Waals surface area contributed by atoms with Gasteiger partial charge in [-0.25, -0.2) is 5.90 Å². The predicted molar refractivity (Wildman–Crippen MR) is 73.1 cm³/mol. The first-order chi connectivity index (χ1) is 7.61. The van der Waals surface area contributed by atoms with Gasteiger partial charge >= 0.3 is 0 Å². The smallest absolute Gasteiger partial charge is 0.0932 e. The van der Waals surface area contributed by atoms with E-state index in [1.807, 2.05) is 0 Å². The summed E-state index contributed by atoms with van der Waals surface area (Å²) in [5.41, 5.74) is 2.30. The molecule has 0 saturated heterocycles. The van der Waals surface area contributed by atoms with Crippen LogP contribution in [0.15, 0.2) is 33.2 Å².